The van der Waals surface area contributed by atoms with E-state index in [1.54, 1.807) is 36.4 Å². The van der Waals surface area contributed by atoms with E-state index in [9.17, 15) is 4.79 Å². The van der Waals surface area contributed by atoms with Crippen LogP contribution in [0, 0.1) is 0 Å². The van der Waals surface area contributed by atoms with E-state index in [0.717, 1.165) is 18.7 Å². The summed E-state index contributed by atoms with van der Waals surface area (Å²) in [6.45, 7) is 5.23. The van der Waals surface area contributed by atoms with Crippen LogP contribution in [0.25, 0.3) is 0 Å². The highest BCUT2D eigenvalue weighted by molar-refractivity contribution is 5.81. The minimum atomic E-state index is -0.592. The van der Waals surface area contributed by atoms with Gasteiger partial charge < -0.3 is 14.4 Å². The summed E-state index contributed by atoms with van der Waals surface area (Å²) >= 11 is 0. The van der Waals surface area contributed by atoms with E-state index >= 15 is 0 Å². The Balaban J connectivity index is 1.60. The van der Waals surface area contributed by atoms with Gasteiger partial charge in [0.05, 0.1) is 19.3 Å². The molecule has 8 nitrogen and oxygen atoms in total. The fourth-order valence-electron chi connectivity index (χ4n) is 2.74. The molecule has 0 radical (unpaired) electrons. The number of pyridine rings is 1. The Morgan fingerprint density at radius 3 is 3.20 bits per heavy atom. The van der Waals surface area contributed by atoms with E-state index in [2.05, 4.69) is 27.1 Å². The summed E-state index contributed by atoms with van der Waals surface area (Å²) in [7, 11) is 0. The van der Waals surface area contributed by atoms with Crippen LogP contribution in [0.3, 0.4) is 0 Å². The number of H-pyrrole nitrogens is 1. The van der Waals surface area contributed by atoms with Gasteiger partial charge in [-0.25, -0.2) is 4.98 Å². The maximum Gasteiger partial charge on any atom is 0.263 e. The number of nitrogens with zero attached hydrogens (tertiary/aromatic N) is 4. The number of aryl methyl sites for hydroxylation is 1. The van der Waals surface area contributed by atoms with Crippen LogP contribution in [-0.4, -0.2) is 56.8 Å². The van der Waals surface area contributed by atoms with Gasteiger partial charge in [-0.3, -0.25) is 14.9 Å². The SMILES string of the molecule is CCCc1nc([C@@H]2CN(C(=O)[C@H](C)Oc3cccnc3)CCO2)n[nH]1. The summed E-state index contributed by atoms with van der Waals surface area (Å²) in [4.78, 5) is 22.9. The molecule has 0 unspecified atom stereocenters. The number of morpholine rings is 1. The van der Waals surface area contributed by atoms with Crippen molar-refractivity contribution in [3.8, 4) is 5.75 Å². The molecule has 1 aliphatic rings. The first-order valence-corrected chi connectivity index (χ1v) is 8.55. The number of aromatic amines is 1. The van der Waals surface area contributed by atoms with Gasteiger partial charge in [0, 0.05) is 19.2 Å². The molecule has 1 aliphatic heterocycles. The third-order valence-electron chi connectivity index (χ3n) is 4.00. The summed E-state index contributed by atoms with van der Waals surface area (Å²) in [6, 6.07) is 3.55. The fourth-order valence-corrected chi connectivity index (χ4v) is 2.74. The monoisotopic (exact) mass is 345 g/mol. The number of ether oxygens (including phenoxy) is 2. The maximum absolute atomic E-state index is 12.7. The lowest BCUT2D eigenvalue weighted by molar-refractivity contribution is -0.146. The lowest BCUT2D eigenvalue weighted by atomic mass is 10.2. The predicted octanol–water partition coefficient (Wildman–Crippen LogP) is 1.52. The number of carbonyl (C=O) groups excluding carboxylic acids is 1. The number of nitrogens with one attached hydrogen (secondary N) is 1. The van der Waals surface area contributed by atoms with E-state index in [1.165, 1.54) is 0 Å². The van der Waals surface area contributed by atoms with Crippen molar-refractivity contribution in [1.29, 1.82) is 0 Å². The molecule has 0 spiro atoms. The normalized spacial score (nSPS) is 18.8. The zero-order chi connectivity index (χ0) is 17.6. The molecular weight excluding hydrogens is 322 g/mol. The highest BCUT2D eigenvalue weighted by Crippen LogP contribution is 2.20. The van der Waals surface area contributed by atoms with Crippen LogP contribution in [0.15, 0.2) is 24.5 Å². The second-order valence-electron chi connectivity index (χ2n) is 5.98. The average molecular weight is 345 g/mol. The third-order valence-corrected chi connectivity index (χ3v) is 4.00. The Kier molecular flexibility index (Phi) is 5.60. The van der Waals surface area contributed by atoms with Gasteiger partial charge in [0.1, 0.15) is 17.7 Å². The van der Waals surface area contributed by atoms with Gasteiger partial charge in [-0.05, 0) is 25.5 Å². The van der Waals surface area contributed by atoms with Gasteiger partial charge in [-0.1, -0.05) is 6.92 Å². The molecular formula is C17H23N5O3. The second kappa shape index (κ2) is 8.06. The first-order valence-electron chi connectivity index (χ1n) is 8.55. The fraction of sp³-hybridized carbons (Fsp3) is 0.529. The van der Waals surface area contributed by atoms with Gasteiger partial charge in [0.25, 0.3) is 5.91 Å². The number of aromatic nitrogens is 4. The molecule has 8 heteroatoms. The molecule has 1 N–H and O–H groups in total. The van der Waals surface area contributed by atoms with Gasteiger partial charge in [-0.15, -0.1) is 0 Å². The Labute approximate surface area is 146 Å². The molecule has 0 aromatic carbocycles. The van der Waals surface area contributed by atoms with Crippen molar-refractivity contribution < 1.29 is 14.3 Å². The Hall–Kier alpha value is -2.48. The van der Waals surface area contributed by atoms with E-state index in [-0.39, 0.29) is 12.0 Å². The predicted molar refractivity (Wildman–Crippen MR) is 90.0 cm³/mol. The maximum atomic E-state index is 12.7. The largest absolute Gasteiger partial charge is 0.479 e. The molecule has 2 aromatic heterocycles. The van der Waals surface area contributed by atoms with Crippen LogP contribution in [0.1, 0.15) is 38.0 Å². The molecule has 3 rings (SSSR count). The summed E-state index contributed by atoms with van der Waals surface area (Å²) in [5.41, 5.74) is 0. The molecule has 1 saturated heterocycles. The van der Waals surface area contributed by atoms with E-state index in [4.69, 9.17) is 9.47 Å². The Morgan fingerprint density at radius 1 is 1.56 bits per heavy atom. The zero-order valence-electron chi connectivity index (χ0n) is 14.5. The Morgan fingerprint density at radius 2 is 2.44 bits per heavy atom. The standard InChI is InChI=1S/C17H23N5O3/c1-3-5-15-19-16(21-20-15)14-11-22(8-9-24-14)17(23)12(2)25-13-6-4-7-18-10-13/h4,6-7,10,12,14H,3,5,8-9,11H2,1-2H3,(H,19,20,21)/t12-,14-/m0/s1. The highest BCUT2D eigenvalue weighted by Gasteiger charge is 2.31. The van der Waals surface area contributed by atoms with Crippen LogP contribution in [0.2, 0.25) is 0 Å². The van der Waals surface area contributed by atoms with Gasteiger partial charge >= 0.3 is 0 Å². The summed E-state index contributed by atoms with van der Waals surface area (Å²) in [5, 5.41) is 7.15. The van der Waals surface area contributed by atoms with Gasteiger partial charge in [0.2, 0.25) is 0 Å². The average Bonchev–Trinajstić information content (AvgIpc) is 3.11. The molecule has 134 valence electrons. The molecule has 0 bridgehead atoms. The van der Waals surface area contributed by atoms with E-state index < -0.39 is 6.10 Å². The van der Waals surface area contributed by atoms with Crippen molar-refractivity contribution in [2.45, 2.75) is 38.9 Å². The van der Waals surface area contributed by atoms with Crippen LogP contribution < -0.4 is 4.74 Å². The van der Waals surface area contributed by atoms with Crippen LogP contribution in [0.4, 0.5) is 0 Å². The van der Waals surface area contributed by atoms with Crippen LogP contribution in [-0.2, 0) is 16.0 Å². The first-order chi connectivity index (χ1) is 12.2. The lowest BCUT2D eigenvalue weighted by Crippen LogP contribution is -2.47. The third kappa shape index (κ3) is 4.33. The van der Waals surface area contributed by atoms with E-state index in [1.807, 2.05) is 0 Å². The van der Waals surface area contributed by atoms with Crippen molar-refractivity contribution >= 4 is 5.91 Å². The molecule has 3 heterocycles. The lowest BCUT2D eigenvalue weighted by Gasteiger charge is -2.33. The number of hydrogen-bond donors (Lipinski definition) is 1. The van der Waals surface area contributed by atoms with Crippen molar-refractivity contribution in [3.05, 3.63) is 36.2 Å². The van der Waals surface area contributed by atoms with Crippen molar-refractivity contribution in [3.63, 3.8) is 0 Å². The summed E-state index contributed by atoms with van der Waals surface area (Å²) in [5.74, 6) is 1.94. The number of hydrogen-bond acceptors (Lipinski definition) is 6. The number of carbonyl (C=O) groups is 1. The zero-order valence-corrected chi connectivity index (χ0v) is 14.5. The molecule has 25 heavy (non-hydrogen) atoms. The summed E-state index contributed by atoms with van der Waals surface area (Å²) < 4.78 is 11.4. The molecule has 0 aliphatic carbocycles. The minimum absolute atomic E-state index is 0.0820. The van der Waals surface area contributed by atoms with Gasteiger partial charge in [-0.2, -0.15) is 5.10 Å². The molecule has 1 fully saturated rings. The highest BCUT2D eigenvalue weighted by atomic mass is 16.5. The molecule has 2 aromatic rings. The van der Waals surface area contributed by atoms with E-state index in [0.29, 0.717) is 31.3 Å². The summed E-state index contributed by atoms with van der Waals surface area (Å²) in [6.07, 6.45) is 4.19. The van der Waals surface area contributed by atoms with Crippen LogP contribution in [0.5, 0.6) is 5.75 Å². The van der Waals surface area contributed by atoms with Crippen LogP contribution >= 0.6 is 0 Å². The minimum Gasteiger partial charge on any atom is -0.479 e. The first kappa shape index (κ1) is 17.3. The Bertz CT molecular complexity index is 691. The smallest absolute Gasteiger partial charge is 0.263 e. The molecule has 2 atom stereocenters. The molecule has 0 saturated carbocycles. The van der Waals surface area contributed by atoms with Gasteiger partial charge in [0.15, 0.2) is 11.9 Å². The topological polar surface area (TPSA) is 93.2 Å². The van der Waals surface area contributed by atoms with Crippen molar-refractivity contribution in [1.82, 2.24) is 25.1 Å². The van der Waals surface area contributed by atoms with Crippen molar-refractivity contribution in [2.75, 3.05) is 19.7 Å². The number of rotatable bonds is 6. The quantitative estimate of drug-likeness (QED) is 0.853. The second-order valence-corrected chi connectivity index (χ2v) is 5.98. The molecule has 1 amide bonds. The van der Waals surface area contributed by atoms with Crippen molar-refractivity contribution in [2.24, 2.45) is 0 Å². The number of amides is 1.